The normalized spacial score (nSPS) is 9.31. The molecule has 0 atom stereocenters. The maximum atomic E-state index is 10.7. The van der Waals surface area contributed by atoms with E-state index in [2.05, 4.69) is 5.32 Å². The van der Waals surface area contributed by atoms with Crippen molar-refractivity contribution < 1.29 is 4.79 Å². The van der Waals surface area contributed by atoms with Crippen LogP contribution < -0.4 is 5.32 Å². The van der Waals surface area contributed by atoms with Gasteiger partial charge in [0.25, 0.3) is 0 Å². The zero-order valence-corrected chi connectivity index (χ0v) is 8.23. The van der Waals surface area contributed by atoms with E-state index in [1.807, 2.05) is 30.3 Å². The molecule has 1 aromatic rings. The number of hydrogen-bond donors (Lipinski definition) is 1. The van der Waals surface area contributed by atoms with Gasteiger partial charge < -0.3 is 5.32 Å². The lowest BCUT2D eigenvalue weighted by molar-refractivity contribution is -0.115. The SMILES string of the molecule is CC(=O)CC(=S)Nc1ccccc1. The van der Waals surface area contributed by atoms with Crippen LogP contribution in [0.4, 0.5) is 5.69 Å². The number of anilines is 1. The van der Waals surface area contributed by atoms with E-state index in [9.17, 15) is 4.79 Å². The summed E-state index contributed by atoms with van der Waals surface area (Å²) in [7, 11) is 0. The average molecular weight is 193 g/mol. The Bertz CT molecular complexity index is 308. The molecule has 0 aromatic heterocycles. The number of nitrogens with one attached hydrogen (secondary N) is 1. The van der Waals surface area contributed by atoms with Crippen molar-refractivity contribution in [1.82, 2.24) is 0 Å². The molecule has 2 nitrogen and oxygen atoms in total. The van der Waals surface area contributed by atoms with Gasteiger partial charge in [0.2, 0.25) is 0 Å². The minimum atomic E-state index is 0.0773. The van der Waals surface area contributed by atoms with Crippen molar-refractivity contribution in [3.05, 3.63) is 30.3 Å². The number of hydrogen-bond acceptors (Lipinski definition) is 2. The molecule has 13 heavy (non-hydrogen) atoms. The van der Waals surface area contributed by atoms with Crippen LogP contribution in [0.1, 0.15) is 13.3 Å². The monoisotopic (exact) mass is 193 g/mol. The van der Waals surface area contributed by atoms with E-state index in [0.717, 1.165) is 5.69 Å². The van der Waals surface area contributed by atoms with Crippen LogP contribution in [0.15, 0.2) is 30.3 Å². The molecule has 0 saturated carbocycles. The van der Waals surface area contributed by atoms with Gasteiger partial charge in [-0.15, -0.1) is 0 Å². The van der Waals surface area contributed by atoms with Crippen molar-refractivity contribution >= 4 is 28.7 Å². The van der Waals surface area contributed by atoms with Crippen LogP contribution >= 0.6 is 12.2 Å². The molecule has 0 radical (unpaired) electrons. The highest BCUT2D eigenvalue weighted by Crippen LogP contribution is 2.05. The van der Waals surface area contributed by atoms with Crippen LogP contribution in [0, 0.1) is 0 Å². The Hall–Kier alpha value is -1.22. The summed E-state index contributed by atoms with van der Waals surface area (Å²) in [5.74, 6) is 0.0773. The quantitative estimate of drug-likeness (QED) is 0.747. The van der Waals surface area contributed by atoms with Gasteiger partial charge in [0.05, 0.1) is 11.4 Å². The second kappa shape index (κ2) is 4.72. The Morgan fingerprint density at radius 2 is 2.00 bits per heavy atom. The van der Waals surface area contributed by atoms with E-state index in [0.29, 0.717) is 11.4 Å². The lowest BCUT2D eigenvalue weighted by Crippen LogP contribution is -2.12. The maximum Gasteiger partial charge on any atom is 0.136 e. The Morgan fingerprint density at radius 3 is 2.54 bits per heavy atom. The first-order chi connectivity index (χ1) is 6.18. The first-order valence-corrected chi connectivity index (χ1v) is 4.43. The lowest BCUT2D eigenvalue weighted by atomic mass is 10.3. The molecule has 0 fully saturated rings. The number of rotatable bonds is 3. The van der Waals surface area contributed by atoms with E-state index in [-0.39, 0.29) is 5.78 Å². The molecule has 0 aliphatic carbocycles. The fourth-order valence-electron chi connectivity index (χ4n) is 0.953. The Morgan fingerprint density at radius 1 is 1.38 bits per heavy atom. The van der Waals surface area contributed by atoms with E-state index in [1.165, 1.54) is 6.92 Å². The summed E-state index contributed by atoms with van der Waals surface area (Å²) in [6.07, 6.45) is 0.310. The summed E-state index contributed by atoms with van der Waals surface area (Å²) in [5.41, 5.74) is 0.925. The fraction of sp³-hybridized carbons (Fsp3) is 0.200. The van der Waals surface area contributed by atoms with E-state index in [4.69, 9.17) is 12.2 Å². The molecule has 0 unspecified atom stereocenters. The van der Waals surface area contributed by atoms with Crippen molar-refractivity contribution in [2.24, 2.45) is 0 Å². The second-order valence-electron chi connectivity index (χ2n) is 2.79. The second-order valence-corrected chi connectivity index (χ2v) is 3.29. The number of benzene rings is 1. The minimum Gasteiger partial charge on any atom is -0.350 e. The van der Waals surface area contributed by atoms with Gasteiger partial charge in [-0.1, -0.05) is 30.4 Å². The van der Waals surface area contributed by atoms with Crippen LogP contribution in [0.5, 0.6) is 0 Å². The van der Waals surface area contributed by atoms with Crippen molar-refractivity contribution in [2.45, 2.75) is 13.3 Å². The van der Waals surface area contributed by atoms with Gasteiger partial charge in [-0.05, 0) is 19.1 Å². The van der Waals surface area contributed by atoms with Gasteiger partial charge in [0.1, 0.15) is 5.78 Å². The van der Waals surface area contributed by atoms with Gasteiger partial charge >= 0.3 is 0 Å². The molecule has 0 bridgehead atoms. The van der Waals surface area contributed by atoms with Crippen molar-refractivity contribution in [3.8, 4) is 0 Å². The predicted molar refractivity (Wildman–Crippen MR) is 58.0 cm³/mol. The number of carbonyl (C=O) groups excluding carboxylic acids is 1. The number of para-hydroxylation sites is 1. The Kier molecular flexibility index (Phi) is 3.58. The first kappa shape index (κ1) is 9.86. The highest BCUT2D eigenvalue weighted by Gasteiger charge is 2.00. The molecule has 1 aromatic carbocycles. The fourth-order valence-corrected chi connectivity index (χ4v) is 1.27. The van der Waals surface area contributed by atoms with Crippen molar-refractivity contribution in [1.29, 1.82) is 0 Å². The van der Waals surface area contributed by atoms with Gasteiger partial charge in [0.15, 0.2) is 0 Å². The smallest absolute Gasteiger partial charge is 0.136 e. The topological polar surface area (TPSA) is 29.1 Å². The van der Waals surface area contributed by atoms with Crippen molar-refractivity contribution in [2.75, 3.05) is 5.32 Å². The van der Waals surface area contributed by atoms with Crippen LogP contribution in [-0.2, 0) is 4.79 Å². The van der Waals surface area contributed by atoms with Crippen LogP contribution in [0.3, 0.4) is 0 Å². The molecule has 0 amide bonds. The molecule has 0 heterocycles. The van der Waals surface area contributed by atoms with Gasteiger partial charge in [0, 0.05) is 5.69 Å². The Labute approximate surface area is 83.0 Å². The summed E-state index contributed by atoms with van der Waals surface area (Å²) in [5, 5.41) is 2.98. The molecule has 1 N–H and O–H groups in total. The van der Waals surface area contributed by atoms with Crippen LogP contribution in [0.25, 0.3) is 0 Å². The Balaban J connectivity index is 2.50. The summed E-state index contributed by atoms with van der Waals surface area (Å²) in [6.45, 7) is 1.53. The van der Waals surface area contributed by atoms with Crippen molar-refractivity contribution in [3.63, 3.8) is 0 Å². The maximum absolute atomic E-state index is 10.7. The minimum absolute atomic E-state index is 0.0773. The predicted octanol–water partition coefficient (Wildman–Crippen LogP) is 2.41. The third-order valence-electron chi connectivity index (χ3n) is 1.47. The van der Waals surface area contributed by atoms with Crippen LogP contribution in [-0.4, -0.2) is 10.8 Å². The molecule has 0 spiro atoms. The third kappa shape index (κ3) is 3.80. The number of Topliss-reactive ketones (excluding diaryl/α,β-unsaturated/α-hetero) is 1. The number of thiocarbonyl (C=S) groups is 1. The third-order valence-corrected chi connectivity index (χ3v) is 1.71. The molecule has 3 heteroatoms. The molecule has 1 rings (SSSR count). The van der Waals surface area contributed by atoms with Gasteiger partial charge in [-0.3, -0.25) is 4.79 Å². The highest BCUT2D eigenvalue weighted by molar-refractivity contribution is 7.80. The molecule has 68 valence electrons. The molecule has 0 aliphatic rings. The zero-order chi connectivity index (χ0) is 9.68. The van der Waals surface area contributed by atoms with Gasteiger partial charge in [-0.2, -0.15) is 0 Å². The lowest BCUT2D eigenvalue weighted by Gasteiger charge is -2.04. The molecular weight excluding hydrogens is 182 g/mol. The van der Waals surface area contributed by atoms with Crippen LogP contribution in [0.2, 0.25) is 0 Å². The van der Waals surface area contributed by atoms with E-state index >= 15 is 0 Å². The summed E-state index contributed by atoms with van der Waals surface area (Å²) in [4.78, 5) is 11.3. The molecule has 0 aliphatic heterocycles. The number of ketones is 1. The highest BCUT2D eigenvalue weighted by atomic mass is 32.1. The van der Waals surface area contributed by atoms with E-state index in [1.54, 1.807) is 0 Å². The van der Waals surface area contributed by atoms with E-state index < -0.39 is 0 Å². The molecular formula is C10H11NOS. The largest absolute Gasteiger partial charge is 0.350 e. The van der Waals surface area contributed by atoms with Gasteiger partial charge in [-0.25, -0.2) is 0 Å². The first-order valence-electron chi connectivity index (χ1n) is 4.03. The average Bonchev–Trinajstić information content (AvgIpc) is 2.04. The summed E-state index contributed by atoms with van der Waals surface area (Å²) in [6, 6.07) is 9.58. The summed E-state index contributed by atoms with van der Waals surface area (Å²) >= 11 is 4.98. The standard InChI is InChI=1S/C10H11NOS/c1-8(12)7-10(13)11-9-5-3-2-4-6-9/h2-6H,7H2,1H3,(H,11,13). The zero-order valence-electron chi connectivity index (χ0n) is 7.41. The molecule has 0 saturated heterocycles. The summed E-state index contributed by atoms with van der Waals surface area (Å²) < 4.78 is 0. The number of carbonyl (C=O) groups is 1.